The summed E-state index contributed by atoms with van der Waals surface area (Å²) in [5.41, 5.74) is 5.55. The maximum absolute atomic E-state index is 12.0. The molecule has 1 aliphatic heterocycles. The molecule has 0 spiro atoms. The molecule has 1 atom stereocenters. The second kappa shape index (κ2) is 5.54. The van der Waals surface area contributed by atoms with Crippen LogP contribution in [0, 0.1) is 5.41 Å². The van der Waals surface area contributed by atoms with E-state index in [9.17, 15) is 13.2 Å². The number of hydrogen-bond donors (Lipinski definition) is 1. The minimum atomic E-state index is -2.95. The number of rotatable bonds is 1. The van der Waals surface area contributed by atoms with Crippen molar-refractivity contribution in [1.82, 2.24) is 4.90 Å². The summed E-state index contributed by atoms with van der Waals surface area (Å²) in [5.74, 6) is -0.0482. The average molecular weight is 285 g/mol. The SMILES string of the molecule is CC(C)(C)[C@H](N)C(=O)N1CCS(=O)(=O)CC1.Cl. The molecule has 0 unspecified atom stereocenters. The van der Waals surface area contributed by atoms with Gasteiger partial charge < -0.3 is 10.6 Å². The predicted molar refractivity (Wildman–Crippen MR) is 69.9 cm³/mol. The Labute approximate surface area is 109 Å². The van der Waals surface area contributed by atoms with Crippen LogP contribution in [0.4, 0.5) is 0 Å². The van der Waals surface area contributed by atoms with Gasteiger partial charge in [-0.3, -0.25) is 4.79 Å². The van der Waals surface area contributed by atoms with E-state index in [0.29, 0.717) is 0 Å². The van der Waals surface area contributed by atoms with E-state index in [1.54, 1.807) is 4.90 Å². The third-order valence-corrected chi connectivity index (χ3v) is 4.46. The average Bonchev–Trinajstić information content (AvgIpc) is 2.14. The molecule has 1 fully saturated rings. The second-order valence-electron chi connectivity index (χ2n) is 5.32. The molecule has 0 aromatic carbocycles. The van der Waals surface area contributed by atoms with Crippen molar-refractivity contribution >= 4 is 28.2 Å². The van der Waals surface area contributed by atoms with E-state index in [1.807, 2.05) is 20.8 Å². The van der Waals surface area contributed by atoms with E-state index in [-0.39, 0.29) is 48.3 Å². The Bertz CT molecular complexity index is 362. The molecule has 102 valence electrons. The summed E-state index contributed by atoms with van der Waals surface area (Å²) in [6.45, 7) is 6.23. The highest BCUT2D eigenvalue weighted by molar-refractivity contribution is 7.91. The molecular formula is C10H21ClN2O3S. The summed E-state index contributed by atoms with van der Waals surface area (Å²) in [7, 11) is -2.95. The number of amides is 1. The Morgan fingerprint density at radius 1 is 1.24 bits per heavy atom. The van der Waals surface area contributed by atoms with E-state index in [0.717, 1.165) is 0 Å². The summed E-state index contributed by atoms with van der Waals surface area (Å²) in [6.07, 6.45) is 0. The van der Waals surface area contributed by atoms with E-state index in [1.165, 1.54) is 0 Å². The van der Waals surface area contributed by atoms with Crippen LogP contribution in [0.15, 0.2) is 0 Å². The van der Waals surface area contributed by atoms with E-state index >= 15 is 0 Å². The van der Waals surface area contributed by atoms with Gasteiger partial charge >= 0.3 is 0 Å². The summed E-state index contributed by atoms with van der Waals surface area (Å²) < 4.78 is 22.4. The summed E-state index contributed by atoms with van der Waals surface area (Å²) in [5, 5.41) is 0. The van der Waals surface area contributed by atoms with Crippen molar-refractivity contribution in [2.24, 2.45) is 11.1 Å². The van der Waals surface area contributed by atoms with Crippen LogP contribution in [0.1, 0.15) is 20.8 Å². The van der Waals surface area contributed by atoms with Gasteiger partial charge in [0.15, 0.2) is 9.84 Å². The van der Waals surface area contributed by atoms with E-state index in [4.69, 9.17) is 5.73 Å². The van der Waals surface area contributed by atoms with Gasteiger partial charge in [-0.05, 0) is 5.41 Å². The first-order chi connectivity index (χ1) is 7.13. The Morgan fingerprint density at radius 3 is 2.00 bits per heavy atom. The minimum Gasteiger partial charge on any atom is -0.339 e. The second-order valence-corrected chi connectivity index (χ2v) is 7.62. The van der Waals surface area contributed by atoms with Crippen LogP contribution in [-0.4, -0.2) is 49.9 Å². The van der Waals surface area contributed by atoms with Crippen LogP contribution in [0.5, 0.6) is 0 Å². The molecule has 0 saturated carbocycles. The molecule has 5 nitrogen and oxygen atoms in total. The third kappa shape index (κ3) is 4.44. The number of halogens is 1. The summed E-state index contributed by atoms with van der Waals surface area (Å²) in [4.78, 5) is 13.5. The van der Waals surface area contributed by atoms with Crippen molar-refractivity contribution in [2.45, 2.75) is 26.8 Å². The molecule has 0 bridgehead atoms. The van der Waals surface area contributed by atoms with Crippen molar-refractivity contribution in [3.63, 3.8) is 0 Å². The van der Waals surface area contributed by atoms with Crippen molar-refractivity contribution in [3.05, 3.63) is 0 Å². The highest BCUT2D eigenvalue weighted by atomic mass is 35.5. The first kappa shape index (κ1) is 16.7. The van der Waals surface area contributed by atoms with Crippen molar-refractivity contribution in [3.8, 4) is 0 Å². The smallest absolute Gasteiger partial charge is 0.240 e. The molecule has 7 heteroatoms. The van der Waals surface area contributed by atoms with Crippen LogP contribution < -0.4 is 5.73 Å². The molecule has 1 saturated heterocycles. The van der Waals surface area contributed by atoms with Gasteiger partial charge in [-0.15, -0.1) is 12.4 Å². The number of carbonyl (C=O) groups excluding carboxylic acids is 1. The van der Waals surface area contributed by atoms with Crippen molar-refractivity contribution in [2.75, 3.05) is 24.6 Å². The fourth-order valence-electron chi connectivity index (χ4n) is 1.50. The van der Waals surface area contributed by atoms with Crippen molar-refractivity contribution < 1.29 is 13.2 Å². The fourth-order valence-corrected chi connectivity index (χ4v) is 2.70. The van der Waals surface area contributed by atoms with Gasteiger partial charge in [0, 0.05) is 13.1 Å². The lowest BCUT2D eigenvalue weighted by Gasteiger charge is -2.33. The Balaban J connectivity index is 0.00000256. The van der Waals surface area contributed by atoms with E-state index < -0.39 is 15.9 Å². The summed E-state index contributed by atoms with van der Waals surface area (Å²) >= 11 is 0. The molecule has 17 heavy (non-hydrogen) atoms. The lowest BCUT2D eigenvalue weighted by molar-refractivity contribution is -0.134. The van der Waals surface area contributed by atoms with E-state index in [2.05, 4.69) is 0 Å². The molecule has 1 heterocycles. The monoisotopic (exact) mass is 284 g/mol. The number of sulfone groups is 1. The molecular weight excluding hydrogens is 264 g/mol. The molecule has 0 aliphatic carbocycles. The third-order valence-electron chi connectivity index (χ3n) is 2.86. The number of nitrogens with zero attached hydrogens (tertiary/aromatic N) is 1. The van der Waals surface area contributed by atoms with Crippen LogP contribution in [0.3, 0.4) is 0 Å². The first-order valence-electron chi connectivity index (χ1n) is 5.38. The lowest BCUT2D eigenvalue weighted by Crippen LogP contribution is -2.54. The van der Waals surface area contributed by atoms with Crippen molar-refractivity contribution in [1.29, 1.82) is 0 Å². The first-order valence-corrected chi connectivity index (χ1v) is 7.20. The molecule has 0 aromatic heterocycles. The highest BCUT2D eigenvalue weighted by Gasteiger charge is 2.33. The van der Waals surface area contributed by atoms with Gasteiger partial charge in [0.25, 0.3) is 0 Å². The van der Waals surface area contributed by atoms with Gasteiger partial charge in [-0.1, -0.05) is 20.8 Å². The van der Waals surface area contributed by atoms with Crippen LogP contribution in [0.25, 0.3) is 0 Å². The van der Waals surface area contributed by atoms with Crippen LogP contribution in [-0.2, 0) is 14.6 Å². The normalized spacial score (nSPS) is 21.5. The van der Waals surface area contributed by atoms with Gasteiger partial charge in [-0.25, -0.2) is 8.42 Å². The Kier molecular flexibility index (Phi) is 5.43. The molecule has 1 rings (SSSR count). The summed E-state index contributed by atoms with van der Waals surface area (Å²) in [6, 6.07) is -0.576. The van der Waals surface area contributed by atoms with Gasteiger partial charge in [0.1, 0.15) is 0 Å². The zero-order valence-corrected chi connectivity index (χ0v) is 12.1. The molecule has 0 radical (unpaired) electrons. The standard InChI is InChI=1S/C10H20N2O3S.ClH/c1-10(2,3)8(11)9(13)12-4-6-16(14,15)7-5-12;/h8H,4-7,11H2,1-3H3;1H/t8-;/m1./s1. The Hall–Kier alpha value is -0.330. The molecule has 1 aliphatic rings. The Morgan fingerprint density at radius 2 is 1.65 bits per heavy atom. The minimum absolute atomic E-state index is 0. The van der Waals surface area contributed by atoms with Crippen LogP contribution >= 0.6 is 12.4 Å². The maximum atomic E-state index is 12.0. The fraction of sp³-hybridized carbons (Fsp3) is 0.900. The zero-order chi connectivity index (χ0) is 12.6. The highest BCUT2D eigenvalue weighted by Crippen LogP contribution is 2.19. The lowest BCUT2D eigenvalue weighted by atomic mass is 9.86. The van der Waals surface area contributed by atoms with Gasteiger partial charge in [-0.2, -0.15) is 0 Å². The largest absolute Gasteiger partial charge is 0.339 e. The van der Waals surface area contributed by atoms with Gasteiger partial charge in [0.2, 0.25) is 5.91 Å². The molecule has 2 N–H and O–H groups in total. The molecule has 1 amide bonds. The van der Waals surface area contributed by atoms with Gasteiger partial charge in [0.05, 0.1) is 17.5 Å². The molecule has 0 aromatic rings. The van der Waals surface area contributed by atoms with Crippen LogP contribution in [0.2, 0.25) is 0 Å². The topological polar surface area (TPSA) is 80.5 Å². The quantitative estimate of drug-likeness (QED) is 0.737. The predicted octanol–water partition coefficient (Wildman–Crippen LogP) is 0.0386. The number of carbonyl (C=O) groups is 1. The number of hydrogen-bond acceptors (Lipinski definition) is 4. The maximum Gasteiger partial charge on any atom is 0.240 e. The zero-order valence-electron chi connectivity index (χ0n) is 10.5. The number of nitrogens with two attached hydrogens (primary N) is 1.